The van der Waals surface area contributed by atoms with Crippen molar-refractivity contribution in [3.05, 3.63) is 84.4 Å². The number of aromatic nitrogens is 5. The normalized spacial score (nSPS) is 11.0. The van der Waals surface area contributed by atoms with Crippen molar-refractivity contribution in [3.63, 3.8) is 0 Å². The second-order valence-electron chi connectivity index (χ2n) is 7.59. The lowest BCUT2D eigenvalue weighted by atomic mass is 10.0. The number of anilines is 1. The number of nitrogens with zero attached hydrogens (tertiary/aromatic N) is 4. The maximum absolute atomic E-state index is 14.0. The molecular formula is C25H20F2N6O. The molecule has 0 aliphatic carbocycles. The van der Waals surface area contributed by atoms with Crippen molar-refractivity contribution in [3.8, 4) is 28.3 Å². The molecule has 3 aromatic heterocycles. The summed E-state index contributed by atoms with van der Waals surface area (Å²) in [5, 5.41) is 10.5. The predicted octanol–water partition coefficient (Wildman–Crippen LogP) is 5.02. The second-order valence-corrected chi connectivity index (χ2v) is 7.59. The molecule has 0 fully saturated rings. The minimum absolute atomic E-state index is 0.372. The highest BCUT2D eigenvalue weighted by Gasteiger charge is 2.16. The van der Waals surface area contributed by atoms with E-state index in [-0.39, 0.29) is 0 Å². The molecule has 0 bridgehead atoms. The van der Waals surface area contributed by atoms with Gasteiger partial charge >= 0.3 is 0 Å². The Hall–Kier alpha value is -4.40. The first-order chi connectivity index (χ1) is 16.6. The van der Waals surface area contributed by atoms with Gasteiger partial charge in [0.05, 0.1) is 12.8 Å². The first kappa shape index (κ1) is 21.4. The summed E-state index contributed by atoms with van der Waals surface area (Å²) in [7, 11) is 1.76. The van der Waals surface area contributed by atoms with Crippen LogP contribution in [0.2, 0.25) is 0 Å². The predicted molar refractivity (Wildman–Crippen MR) is 125 cm³/mol. The molecule has 0 atom stereocenters. The molecule has 7 nitrogen and oxygen atoms in total. The average molecular weight is 458 g/mol. The molecule has 0 aliphatic heterocycles. The van der Waals surface area contributed by atoms with Gasteiger partial charge in [0.15, 0.2) is 17.5 Å². The molecule has 2 aromatic carbocycles. The van der Waals surface area contributed by atoms with Gasteiger partial charge in [-0.25, -0.2) is 18.7 Å². The third kappa shape index (κ3) is 4.27. The molecule has 3 heterocycles. The molecule has 5 aromatic rings. The van der Waals surface area contributed by atoms with Gasteiger partial charge in [-0.1, -0.05) is 6.07 Å². The van der Waals surface area contributed by atoms with Crippen molar-refractivity contribution in [2.75, 3.05) is 19.0 Å². The van der Waals surface area contributed by atoms with E-state index in [9.17, 15) is 8.78 Å². The Morgan fingerprint density at radius 3 is 2.62 bits per heavy atom. The molecule has 0 spiro atoms. The lowest BCUT2D eigenvalue weighted by Gasteiger charge is -2.15. The van der Waals surface area contributed by atoms with Crippen LogP contribution in [-0.2, 0) is 6.42 Å². The number of fused-ring (bicyclic) bond motifs is 1. The van der Waals surface area contributed by atoms with E-state index in [2.05, 4.69) is 25.5 Å². The van der Waals surface area contributed by atoms with E-state index in [1.54, 1.807) is 37.9 Å². The molecular weight excluding hydrogens is 438 g/mol. The quantitative estimate of drug-likeness (QED) is 0.356. The van der Waals surface area contributed by atoms with Gasteiger partial charge in [-0.3, -0.25) is 10.1 Å². The van der Waals surface area contributed by atoms with Crippen LogP contribution in [0.3, 0.4) is 0 Å². The molecule has 0 radical (unpaired) electrons. The van der Waals surface area contributed by atoms with Crippen LogP contribution in [0.4, 0.5) is 14.6 Å². The molecule has 0 saturated carbocycles. The van der Waals surface area contributed by atoms with Gasteiger partial charge in [0.25, 0.3) is 0 Å². The number of hydrogen-bond acceptors (Lipinski definition) is 6. The molecule has 0 unspecified atom stereocenters. The standard InChI is InChI=1S/C25H20F2N6O/c1-28-25-19-9-18(16-4-5-20(26)21(27)10-16)11-22(34-8-6-15-12-30-31-13-15)23(19)32-24(33-25)17-3-2-7-29-14-17/h2-5,7,9-14H,6,8H2,1H3,(H,30,31)(H,28,32,33). The number of halogens is 2. The molecule has 170 valence electrons. The summed E-state index contributed by atoms with van der Waals surface area (Å²) in [5.74, 6) is -0.249. The number of rotatable bonds is 7. The Morgan fingerprint density at radius 1 is 0.971 bits per heavy atom. The van der Waals surface area contributed by atoms with Gasteiger partial charge in [-0.2, -0.15) is 5.10 Å². The monoisotopic (exact) mass is 458 g/mol. The summed E-state index contributed by atoms with van der Waals surface area (Å²) >= 11 is 0. The first-order valence-corrected chi connectivity index (χ1v) is 10.6. The van der Waals surface area contributed by atoms with Gasteiger partial charge in [0.2, 0.25) is 0 Å². The number of H-pyrrole nitrogens is 1. The number of aromatic amines is 1. The fourth-order valence-electron chi connectivity index (χ4n) is 3.66. The van der Waals surface area contributed by atoms with Crippen molar-refractivity contribution in [2.45, 2.75) is 6.42 Å². The molecule has 0 aliphatic rings. The number of ether oxygens (including phenoxy) is 1. The number of nitrogens with one attached hydrogen (secondary N) is 2. The zero-order valence-electron chi connectivity index (χ0n) is 18.2. The number of benzene rings is 2. The molecule has 9 heteroatoms. The fourth-order valence-corrected chi connectivity index (χ4v) is 3.66. The van der Waals surface area contributed by atoms with Crippen LogP contribution >= 0.6 is 0 Å². The van der Waals surface area contributed by atoms with Crippen molar-refractivity contribution in [2.24, 2.45) is 0 Å². The summed E-state index contributed by atoms with van der Waals surface area (Å²) < 4.78 is 33.7. The summed E-state index contributed by atoms with van der Waals surface area (Å²) in [6.45, 7) is 0.372. The molecule has 34 heavy (non-hydrogen) atoms. The Bertz CT molecular complexity index is 1440. The maximum atomic E-state index is 14.0. The van der Waals surface area contributed by atoms with Crippen molar-refractivity contribution < 1.29 is 13.5 Å². The Labute approximate surface area is 193 Å². The summed E-state index contributed by atoms with van der Waals surface area (Å²) in [5.41, 5.74) is 3.52. The van der Waals surface area contributed by atoms with Gasteiger partial charge in [0.1, 0.15) is 17.1 Å². The lowest BCUT2D eigenvalue weighted by molar-refractivity contribution is 0.325. The van der Waals surface area contributed by atoms with E-state index in [1.807, 2.05) is 18.2 Å². The zero-order chi connectivity index (χ0) is 23.5. The maximum Gasteiger partial charge on any atom is 0.163 e. The largest absolute Gasteiger partial charge is 0.491 e. The van der Waals surface area contributed by atoms with E-state index >= 15 is 0 Å². The van der Waals surface area contributed by atoms with Gasteiger partial charge < -0.3 is 10.1 Å². The third-order valence-electron chi connectivity index (χ3n) is 5.38. The average Bonchev–Trinajstić information content (AvgIpc) is 3.39. The van der Waals surface area contributed by atoms with Crippen LogP contribution < -0.4 is 10.1 Å². The topological polar surface area (TPSA) is 88.6 Å². The molecule has 2 N–H and O–H groups in total. The molecule has 0 amide bonds. The van der Waals surface area contributed by atoms with E-state index in [0.717, 1.165) is 23.3 Å². The second kappa shape index (κ2) is 9.22. The van der Waals surface area contributed by atoms with Crippen LogP contribution in [0, 0.1) is 11.6 Å². The minimum Gasteiger partial charge on any atom is -0.491 e. The third-order valence-corrected chi connectivity index (χ3v) is 5.38. The highest BCUT2D eigenvalue weighted by molar-refractivity contribution is 5.97. The highest BCUT2D eigenvalue weighted by atomic mass is 19.2. The Balaban J connectivity index is 1.65. The lowest BCUT2D eigenvalue weighted by Crippen LogP contribution is -2.04. The van der Waals surface area contributed by atoms with Crippen LogP contribution in [0.1, 0.15) is 5.56 Å². The summed E-state index contributed by atoms with van der Waals surface area (Å²) in [6.07, 6.45) is 7.55. The Kier molecular flexibility index (Phi) is 5.82. The number of pyridine rings is 1. The van der Waals surface area contributed by atoms with E-state index in [0.29, 0.717) is 52.4 Å². The van der Waals surface area contributed by atoms with Crippen molar-refractivity contribution in [1.29, 1.82) is 0 Å². The molecule has 5 rings (SSSR count). The van der Waals surface area contributed by atoms with E-state index in [4.69, 9.17) is 9.72 Å². The minimum atomic E-state index is -0.919. The van der Waals surface area contributed by atoms with Crippen molar-refractivity contribution in [1.82, 2.24) is 25.1 Å². The number of hydrogen-bond donors (Lipinski definition) is 2. The van der Waals surface area contributed by atoms with Gasteiger partial charge in [0, 0.05) is 43.0 Å². The fraction of sp³-hybridized carbons (Fsp3) is 0.120. The van der Waals surface area contributed by atoms with E-state index in [1.165, 1.54) is 6.07 Å². The molecule has 0 saturated heterocycles. The van der Waals surface area contributed by atoms with Crippen LogP contribution in [0.15, 0.2) is 67.3 Å². The van der Waals surface area contributed by atoms with Gasteiger partial charge in [-0.05, 0) is 53.1 Å². The SMILES string of the molecule is CNc1nc(-c2cccnc2)nc2c(OCCc3cn[nH]c3)cc(-c3ccc(F)c(F)c3)cc12. The smallest absolute Gasteiger partial charge is 0.163 e. The summed E-state index contributed by atoms with van der Waals surface area (Å²) in [4.78, 5) is 13.6. The Morgan fingerprint density at radius 2 is 1.88 bits per heavy atom. The van der Waals surface area contributed by atoms with E-state index < -0.39 is 11.6 Å². The van der Waals surface area contributed by atoms with Crippen LogP contribution in [-0.4, -0.2) is 38.8 Å². The van der Waals surface area contributed by atoms with Crippen molar-refractivity contribution >= 4 is 16.7 Å². The summed E-state index contributed by atoms with van der Waals surface area (Å²) in [6, 6.07) is 11.1. The van der Waals surface area contributed by atoms with Crippen LogP contribution in [0.5, 0.6) is 5.75 Å². The highest BCUT2D eigenvalue weighted by Crippen LogP contribution is 2.36. The van der Waals surface area contributed by atoms with Gasteiger partial charge in [-0.15, -0.1) is 0 Å². The first-order valence-electron chi connectivity index (χ1n) is 10.6. The van der Waals surface area contributed by atoms with Crippen LogP contribution in [0.25, 0.3) is 33.4 Å². The zero-order valence-corrected chi connectivity index (χ0v) is 18.2.